The maximum atomic E-state index is 10.2. The summed E-state index contributed by atoms with van der Waals surface area (Å²) in [7, 11) is 0. The molecular weight excluding hydrogens is 372 g/mol. The molecule has 3 N–H and O–H groups in total. The summed E-state index contributed by atoms with van der Waals surface area (Å²) in [6.45, 7) is 8.88. The lowest BCUT2D eigenvalue weighted by Gasteiger charge is -2.44. The van der Waals surface area contributed by atoms with E-state index in [1.54, 1.807) is 0 Å². The summed E-state index contributed by atoms with van der Waals surface area (Å²) in [6.07, 6.45) is 16.9. The zero-order valence-corrected chi connectivity index (χ0v) is 18.8. The highest BCUT2D eigenvalue weighted by atomic mass is 16.3. The lowest BCUT2D eigenvalue weighted by molar-refractivity contribution is 0.0862. The Hall–Kier alpha value is -1.16. The average Bonchev–Trinajstić information content (AvgIpc) is 3.49. The van der Waals surface area contributed by atoms with E-state index >= 15 is 0 Å². The normalized spacial score (nSPS) is 42.1. The molecule has 3 nitrogen and oxygen atoms in total. The summed E-state index contributed by atoms with van der Waals surface area (Å²) in [5.41, 5.74) is 3.63. The monoisotopic (exact) mass is 412 g/mol. The third kappa shape index (κ3) is 4.40. The van der Waals surface area contributed by atoms with Crippen molar-refractivity contribution in [1.29, 1.82) is 0 Å². The Morgan fingerprint density at radius 3 is 2.60 bits per heavy atom. The van der Waals surface area contributed by atoms with Gasteiger partial charge in [0.05, 0.1) is 18.3 Å². The largest absolute Gasteiger partial charge is 0.393 e. The summed E-state index contributed by atoms with van der Waals surface area (Å²) < 4.78 is 0. The first kappa shape index (κ1) is 22.0. The third-order valence-corrected chi connectivity index (χ3v) is 8.65. The maximum absolute atomic E-state index is 10.2. The van der Waals surface area contributed by atoms with Crippen LogP contribution in [0, 0.1) is 29.1 Å². The van der Waals surface area contributed by atoms with Gasteiger partial charge in [-0.1, -0.05) is 50.3 Å². The zero-order chi connectivity index (χ0) is 21.5. The second-order valence-electron chi connectivity index (χ2n) is 10.7. The molecule has 0 bridgehead atoms. The van der Waals surface area contributed by atoms with Gasteiger partial charge < -0.3 is 15.3 Å². The molecular formula is C27H40O3. The molecule has 4 aliphatic carbocycles. The molecule has 0 aromatic carbocycles. The molecule has 0 unspecified atom stereocenters. The van der Waals surface area contributed by atoms with E-state index in [1.165, 1.54) is 44.1 Å². The van der Waals surface area contributed by atoms with Gasteiger partial charge in [-0.2, -0.15) is 0 Å². The Labute approximate surface area is 182 Å². The predicted octanol–water partition coefficient (Wildman–Crippen LogP) is 5.09. The summed E-state index contributed by atoms with van der Waals surface area (Å²) in [6, 6.07) is 0. The van der Waals surface area contributed by atoms with Gasteiger partial charge in [0.1, 0.15) is 0 Å². The van der Waals surface area contributed by atoms with Crippen molar-refractivity contribution in [3.63, 3.8) is 0 Å². The fourth-order valence-electron chi connectivity index (χ4n) is 6.63. The fraction of sp³-hybridized carbons (Fsp3) is 0.704. The Bertz CT molecular complexity index is 743. The molecule has 0 saturated heterocycles. The van der Waals surface area contributed by atoms with Gasteiger partial charge in [-0.05, 0) is 91.6 Å². The van der Waals surface area contributed by atoms with Gasteiger partial charge >= 0.3 is 0 Å². The van der Waals surface area contributed by atoms with Crippen LogP contribution in [0.15, 0.2) is 47.6 Å². The Morgan fingerprint density at radius 1 is 1.10 bits per heavy atom. The number of aliphatic hydroxyl groups excluding tert-OH is 3. The Balaban J connectivity index is 1.48. The van der Waals surface area contributed by atoms with Gasteiger partial charge in [-0.25, -0.2) is 0 Å². The molecule has 4 fully saturated rings. The van der Waals surface area contributed by atoms with Crippen molar-refractivity contribution in [2.75, 3.05) is 0 Å². The average molecular weight is 413 g/mol. The third-order valence-electron chi connectivity index (χ3n) is 8.65. The molecule has 0 aliphatic heterocycles. The van der Waals surface area contributed by atoms with Crippen molar-refractivity contribution < 1.29 is 15.3 Å². The first-order chi connectivity index (χ1) is 14.3. The number of aliphatic hydroxyl groups is 3. The van der Waals surface area contributed by atoms with Gasteiger partial charge in [-0.15, -0.1) is 0 Å². The highest BCUT2D eigenvalue weighted by molar-refractivity contribution is 5.38. The highest BCUT2D eigenvalue weighted by Gasteiger charge is 2.50. The van der Waals surface area contributed by atoms with Crippen LogP contribution in [0.5, 0.6) is 0 Å². The lowest BCUT2D eigenvalue weighted by atomic mass is 9.61. The van der Waals surface area contributed by atoms with E-state index in [9.17, 15) is 15.3 Å². The van der Waals surface area contributed by atoms with E-state index in [0.717, 1.165) is 17.6 Å². The Kier molecular flexibility index (Phi) is 6.44. The van der Waals surface area contributed by atoms with E-state index < -0.39 is 12.2 Å². The molecule has 0 heterocycles. The van der Waals surface area contributed by atoms with Gasteiger partial charge in [0.15, 0.2) is 0 Å². The molecule has 4 saturated carbocycles. The van der Waals surface area contributed by atoms with Crippen LogP contribution in [-0.2, 0) is 0 Å². The van der Waals surface area contributed by atoms with Gasteiger partial charge in [0, 0.05) is 6.42 Å². The topological polar surface area (TPSA) is 60.7 Å². The van der Waals surface area contributed by atoms with Crippen LogP contribution < -0.4 is 0 Å². The van der Waals surface area contributed by atoms with Crippen molar-refractivity contribution in [3.8, 4) is 0 Å². The van der Waals surface area contributed by atoms with Gasteiger partial charge in [-0.3, -0.25) is 0 Å². The van der Waals surface area contributed by atoms with Crippen LogP contribution in [-0.4, -0.2) is 33.6 Å². The smallest absolute Gasteiger partial charge is 0.0811 e. The molecule has 0 spiro atoms. The zero-order valence-electron chi connectivity index (χ0n) is 18.8. The van der Waals surface area contributed by atoms with Gasteiger partial charge in [0.2, 0.25) is 0 Å². The quantitative estimate of drug-likeness (QED) is 0.551. The van der Waals surface area contributed by atoms with Crippen LogP contribution in [0.4, 0.5) is 0 Å². The highest BCUT2D eigenvalue weighted by Crippen LogP contribution is 2.59. The van der Waals surface area contributed by atoms with Crippen molar-refractivity contribution in [2.24, 2.45) is 29.1 Å². The van der Waals surface area contributed by atoms with Crippen molar-refractivity contribution in [1.82, 2.24) is 0 Å². The molecule has 30 heavy (non-hydrogen) atoms. The van der Waals surface area contributed by atoms with Crippen molar-refractivity contribution >= 4 is 0 Å². The summed E-state index contributed by atoms with van der Waals surface area (Å²) in [5.74, 6) is 2.28. The van der Waals surface area contributed by atoms with Crippen LogP contribution in [0.3, 0.4) is 0 Å². The molecule has 0 aromatic rings. The van der Waals surface area contributed by atoms with E-state index in [4.69, 9.17) is 0 Å². The second kappa shape index (κ2) is 8.76. The molecule has 3 heteroatoms. The number of hydrogen-bond acceptors (Lipinski definition) is 3. The molecule has 4 aliphatic rings. The second-order valence-corrected chi connectivity index (χ2v) is 10.7. The van der Waals surface area contributed by atoms with Gasteiger partial charge in [0.25, 0.3) is 0 Å². The van der Waals surface area contributed by atoms with E-state index in [1.807, 2.05) is 0 Å². The Morgan fingerprint density at radius 2 is 1.87 bits per heavy atom. The summed E-state index contributed by atoms with van der Waals surface area (Å²) >= 11 is 0. The van der Waals surface area contributed by atoms with Crippen LogP contribution in [0.25, 0.3) is 0 Å². The summed E-state index contributed by atoms with van der Waals surface area (Å²) in [5, 5.41) is 30.4. The first-order valence-electron chi connectivity index (χ1n) is 12.1. The fourth-order valence-corrected chi connectivity index (χ4v) is 6.63. The number of fused-ring (bicyclic) bond motifs is 1. The predicted molar refractivity (Wildman–Crippen MR) is 122 cm³/mol. The summed E-state index contributed by atoms with van der Waals surface area (Å²) in [4.78, 5) is 0. The molecule has 0 amide bonds. The molecule has 0 radical (unpaired) electrons. The minimum atomic E-state index is -0.621. The number of rotatable bonds is 5. The molecule has 7 atom stereocenters. The van der Waals surface area contributed by atoms with Crippen LogP contribution in [0.2, 0.25) is 0 Å². The van der Waals surface area contributed by atoms with E-state index in [-0.39, 0.29) is 6.10 Å². The maximum Gasteiger partial charge on any atom is 0.0811 e. The lowest BCUT2D eigenvalue weighted by Crippen LogP contribution is -2.35. The molecule has 166 valence electrons. The van der Waals surface area contributed by atoms with E-state index in [2.05, 4.69) is 44.7 Å². The number of hydrogen-bond donors (Lipinski definition) is 3. The minimum Gasteiger partial charge on any atom is -0.393 e. The van der Waals surface area contributed by atoms with Crippen molar-refractivity contribution in [3.05, 3.63) is 47.6 Å². The minimum absolute atomic E-state index is 0.250. The first-order valence-corrected chi connectivity index (χ1v) is 12.1. The SMILES string of the molecule is C=C1/C(=C/C=C2\CCC[C@@]3(C)[C@@H]2CC[C@@H]3[C@@H](C)/C=C/[C@@H](O)C2CC2)C[C@H](O)C[C@@H]1O. The molecule has 0 aromatic heterocycles. The van der Waals surface area contributed by atoms with Crippen molar-refractivity contribution in [2.45, 2.75) is 89.9 Å². The van der Waals surface area contributed by atoms with Crippen LogP contribution >= 0.6 is 0 Å². The molecule has 4 rings (SSSR count). The van der Waals surface area contributed by atoms with E-state index in [0.29, 0.717) is 41.9 Å². The van der Waals surface area contributed by atoms with Crippen LogP contribution in [0.1, 0.15) is 71.6 Å². The number of allylic oxidation sites excluding steroid dienone is 4. The standard InChI is InChI=1S/C27H40O3/c1-17(6-13-25(29)20-8-9-20)23-11-12-24-19(5-4-14-27(23,24)3)7-10-21-15-22(28)16-26(30)18(21)2/h6-7,10,13,17,20,22-26,28-30H,2,4-5,8-9,11-12,14-16H2,1,3H3/b13-6+,19-7+,21-10+/t17-,22-,23+,24+,25+,26-,27+/m0/s1.